The Morgan fingerprint density at radius 2 is 1.90 bits per heavy atom. The lowest BCUT2D eigenvalue weighted by atomic mass is 9.81. The lowest BCUT2D eigenvalue weighted by Gasteiger charge is -2.28. The summed E-state index contributed by atoms with van der Waals surface area (Å²) in [6.45, 7) is 7.67. The molecule has 0 saturated heterocycles. The number of aromatic nitrogens is 2. The monoisotopic (exact) mass is 400 g/mol. The smallest absolute Gasteiger partial charge is 0.408 e. The van der Waals surface area contributed by atoms with Crippen molar-refractivity contribution in [2.45, 2.75) is 70.9 Å². The lowest BCUT2D eigenvalue weighted by molar-refractivity contribution is -0.123. The highest BCUT2D eigenvalue weighted by Crippen LogP contribution is 2.35. The van der Waals surface area contributed by atoms with Gasteiger partial charge in [-0.05, 0) is 71.4 Å². The van der Waals surface area contributed by atoms with Crippen LogP contribution in [0.1, 0.15) is 65.1 Å². The third-order valence-electron chi connectivity index (χ3n) is 5.33. The second kappa shape index (κ2) is 8.84. The van der Waals surface area contributed by atoms with Crippen molar-refractivity contribution in [1.29, 1.82) is 0 Å². The molecule has 3 rings (SSSR count). The number of hydrogen-bond donors (Lipinski definition) is 3. The molecule has 3 N–H and O–H groups in total. The number of alkyl carbamates (subject to hydrolysis) is 1. The minimum atomic E-state index is -0.628. The van der Waals surface area contributed by atoms with Crippen molar-refractivity contribution in [1.82, 2.24) is 20.6 Å². The van der Waals surface area contributed by atoms with E-state index < -0.39 is 17.7 Å². The van der Waals surface area contributed by atoms with Crippen molar-refractivity contribution < 1.29 is 14.3 Å². The van der Waals surface area contributed by atoms with Crippen LogP contribution in [0.5, 0.6) is 0 Å². The molecule has 1 aliphatic rings. The lowest BCUT2D eigenvalue weighted by Crippen LogP contribution is -2.47. The van der Waals surface area contributed by atoms with Gasteiger partial charge in [-0.15, -0.1) is 0 Å². The number of carbonyl (C=O) groups excluding carboxylic acids is 2. The quantitative estimate of drug-likeness (QED) is 0.710. The number of para-hydroxylation sites is 2. The summed E-state index contributed by atoms with van der Waals surface area (Å²) in [6.07, 6.45) is 3.65. The summed E-state index contributed by atoms with van der Waals surface area (Å²) in [5.74, 6) is 1.79. The van der Waals surface area contributed by atoms with Gasteiger partial charge >= 0.3 is 6.09 Å². The molecular formula is C22H32N4O3. The minimum Gasteiger partial charge on any atom is -0.444 e. The van der Waals surface area contributed by atoms with Crippen LogP contribution >= 0.6 is 0 Å². The van der Waals surface area contributed by atoms with Crippen LogP contribution in [0.4, 0.5) is 4.79 Å². The molecule has 0 aliphatic heterocycles. The first kappa shape index (κ1) is 21.1. The van der Waals surface area contributed by atoms with Crippen molar-refractivity contribution in [3.8, 4) is 0 Å². The first-order valence-electron chi connectivity index (χ1n) is 10.4. The number of ether oxygens (including phenoxy) is 1. The van der Waals surface area contributed by atoms with Gasteiger partial charge in [0.2, 0.25) is 5.91 Å². The molecule has 7 heteroatoms. The summed E-state index contributed by atoms with van der Waals surface area (Å²) in [5, 5.41) is 5.54. The second-order valence-electron chi connectivity index (χ2n) is 8.97. The number of amides is 2. The molecule has 1 saturated carbocycles. The van der Waals surface area contributed by atoms with Crippen LogP contribution in [-0.4, -0.2) is 40.2 Å². The van der Waals surface area contributed by atoms with E-state index >= 15 is 0 Å². The average molecular weight is 401 g/mol. The van der Waals surface area contributed by atoms with E-state index in [0.717, 1.165) is 42.5 Å². The summed E-state index contributed by atoms with van der Waals surface area (Å²) in [7, 11) is 0. The van der Waals surface area contributed by atoms with Gasteiger partial charge in [-0.1, -0.05) is 12.1 Å². The summed E-state index contributed by atoms with van der Waals surface area (Å²) >= 11 is 0. The van der Waals surface area contributed by atoms with Gasteiger partial charge in [0.1, 0.15) is 17.5 Å². The maximum Gasteiger partial charge on any atom is 0.408 e. The van der Waals surface area contributed by atoms with E-state index in [2.05, 4.69) is 21.7 Å². The highest BCUT2D eigenvalue weighted by Gasteiger charge is 2.26. The molecule has 29 heavy (non-hydrogen) atoms. The number of rotatable bonds is 5. The predicted octanol–water partition coefficient (Wildman–Crippen LogP) is 3.87. The Bertz CT molecular complexity index is 814. The molecule has 158 valence electrons. The Balaban J connectivity index is 1.41. The van der Waals surface area contributed by atoms with E-state index in [1.807, 2.05) is 18.2 Å². The van der Waals surface area contributed by atoms with Crippen molar-refractivity contribution in [3.05, 3.63) is 30.1 Å². The molecule has 2 aromatic rings. The molecule has 7 nitrogen and oxygen atoms in total. The van der Waals surface area contributed by atoms with Crippen molar-refractivity contribution >= 4 is 23.0 Å². The van der Waals surface area contributed by atoms with Crippen molar-refractivity contribution in [3.63, 3.8) is 0 Å². The van der Waals surface area contributed by atoms with Crippen LogP contribution in [0.3, 0.4) is 0 Å². The SMILES string of the molecule is C[C@@H](NC(=O)OC(C)(C)C)C(=O)NCC1CCC(c2nc3ccccc3[nH]2)CC1. The Morgan fingerprint density at radius 3 is 2.55 bits per heavy atom. The summed E-state index contributed by atoms with van der Waals surface area (Å²) in [5.41, 5.74) is 1.52. The number of nitrogens with zero attached hydrogens (tertiary/aromatic N) is 1. The number of benzene rings is 1. The van der Waals surface area contributed by atoms with Gasteiger partial charge in [0.05, 0.1) is 11.0 Å². The molecule has 1 heterocycles. The number of H-pyrrole nitrogens is 1. The fourth-order valence-electron chi connectivity index (χ4n) is 3.75. The molecular weight excluding hydrogens is 368 g/mol. The number of nitrogens with one attached hydrogen (secondary N) is 3. The van der Waals surface area contributed by atoms with Gasteiger partial charge in [0.15, 0.2) is 0 Å². The average Bonchev–Trinajstić information content (AvgIpc) is 3.09. The van der Waals surface area contributed by atoms with Crippen LogP contribution in [0.2, 0.25) is 0 Å². The predicted molar refractivity (Wildman–Crippen MR) is 113 cm³/mol. The van der Waals surface area contributed by atoms with Crippen LogP contribution in [0.15, 0.2) is 24.3 Å². The molecule has 0 radical (unpaired) electrons. The molecule has 2 amide bonds. The van der Waals surface area contributed by atoms with Gasteiger partial charge in [-0.2, -0.15) is 0 Å². The van der Waals surface area contributed by atoms with Crippen LogP contribution < -0.4 is 10.6 Å². The van der Waals surface area contributed by atoms with Crippen LogP contribution in [0, 0.1) is 5.92 Å². The number of carbonyl (C=O) groups is 2. The molecule has 0 bridgehead atoms. The zero-order chi connectivity index (χ0) is 21.0. The molecule has 1 atom stereocenters. The normalized spacial score (nSPS) is 20.8. The fraction of sp³-hybridized carbons (Fsp3) is 0.591. The van der Waals surface area contributed by atoms with Gasteiger partial charge < -0.3 is 20.4 Å². The maximum atomic E-state index is 12.3. The van der Waals surface area contributed by atoms with E-state index in [1.165, 1.54) is 0 Å². The zero-order valence-electron chi connectivity index (χ0n) is 17.7. The van der Waals surface area contributed by atoms with E-state index in [1.54, 1.807) is 27.7 Å². The van der Waals surface area contributed by atoms with Crippen molar-refractivity contribution in [2.24, 2.45) is 5.92 Å². The number of fused-ring (bicyclic) bond motifs is 1. The van der Waals surface area contributed by atoms with Gasteiger partial charge in [-0.25, -0.2) is 9.78 Å². The summed E-state index contributed by atoms with van der Waals surface area (Å²) < 4.78 is 5.19. The zero-order valence-corrected chi connectivity index (χ0v) is 17.7. The molecule has 1 aromatic heterocycles. The van der Waals surface area contributed by atoms with Crippen LogP contribution in [-0.2, 0) is 9.53 Å². The van der Waals surface area contributed by atoms with E-state index in [4.69, 9.17) is 9.72 Å². The standard InChI is InChI=1S/C22H32N4O3/c1-14(24-21(28)29-22(2,3)4)20(27)23-13-15-9-11-16(12-10-15)19-25-17-7-5-6-8-18(17)26-19/h5-8,14-16H,9-13H2,1-4H3,(H,23,27)(H,24,28)(H,25,26)/t14-,15?,16?/m1/s1. The Labute approximate surface area is 172 Å². The molecule has 0 spiro atoms. The van der Waals surface area contributed by atoms with E-state index in [0.29, 0.717) is 18.4 Å². The highest BCUT2D eigenvalue weighted by molar-refractivity contribution is 5.85. The minimum absolute atomic E-state index is 0.185. The highest BCUT2D eigenvalue weighted by atomic mass is 16.6. The summed E-state index contributed by atoms with van der Waals surface area (Å²) in [4.78, 5) is 32.2. The molecule has 1 aromatic carbocycles. The first-order chi connectivity index (χ1) is 13.7. The largest absolute Gasteiger partial charge is 0.444 e. The maximum absolute atomic E-state index is 12.3. The Morgan fingerprint density at radius 1 is 1.21 bits per heavy atom. The third-order valence-corrected chi connectivity index (χ3v) is 5.33. The number of hydrogen-bond acceptors (Lipinski definition) is 4. The second-order valence-corrected chi connectivity index (χ2v) is 8.97. The Kier molecular flexibility index (Phi) is 6.45. The number of imidazole rings is 1. The van der Waals surface area contributed by atoms with Crippen LogP contribution in [0.25, 0.3) is 11.0 Å². The molecule has 1 aliphatic carbocycles. The van der Waals surface area contributed by atoms with Crippen molar-refractivity contribution in [2.75, 3.05) is 6.54 Å². The van der Waals surface area contributed by atoms with E-state index in [-0.39, 0.29) is 5.91 Å². The van der Waals surface area contributed by atoms with Gasteiger partial charge in [0.25, 0.3) is 0 Å². The number of aromatic amines is 1. The van der Waals surface area contributed by atoms with Gasteiger partial charge in [-0.3, -0.25) is 4.79 Å². The van der Waals surface area contributed by atoms with E-state index in [9.17, 15) is 9.59 Å². The Hall–Kier alpha value is -2.57. The third kappa shape index (κ3) is 5.95. The first-order valence-corrected chi connectivity index (χ1v) is 10.4. The van der Waals surface area contributed by atoms with Gasteiger partial charge in [0, 0.05) is 12.5 Å². The summed E-state index contributed by atoms with van der Waals surface area (Å²) in [6, 6.07) is 7.48. The fourth-order valence-corrected chi connectivity index (χ4v) is 3.75. The molecule has 1 fully saturated rings. The topological polar surface area (TPSA) is 96.1 Å². The molecule has 0 unspecified atom stereocenters.